The number of nitrogens with one attached hydrogen (secondary N) is 1. The lowest BCUT2D eigenvalue weighted by molar-refractivity contribution is -0.122. The molecule has 1 N–H and O–H groups in total. The summed E-state index contributed by atoms with van der Waals surface area (Å²) in [5, 5.41) is 2.95. The minimum absolute atomic E-state index is 0.220. The molecule has 0 radical (unpaired) electrons. The van der Waals surface area contributed by atoms with Crippen molar-refractivity contribution in [2.75, 3.05) is 23.3 Å². The number of hydrogen-bond donors (Lipinski definition) is 1. The Hall–Kier alpha value is -2.71. The van der Waals surface area contributed by atoms with E-state index in [1.165, 1.54) is 16.1 Å². The van der Waals surface area contributed by atoms with Gasteiger partial charge >= 0.3 is 0 Å². The van der Waals surface area contributed by atoms with Gasteiger partial charge in [0.25, 0.3) is 0 Å². The van der Waals surface area contributed by atoms with Crippen molar-refractivity contribution in [1.82, 2.24) is 4.31 Å². The summed E-state index contributed by atoms with van der Waals surface area (Å²) in [4.78, 5) is 27.3. The first-order valence-electron chi connectivity index (χ1n) is 11.0. The normalized spacial score (nSPS) is 19.0. The first kappa shape index (κ1) is 22.5. The van der Waals surface area contributed by atoms with E-state index in [0.717, 1.165) is 30.4 Å². The monoisotopic (exact) mass is 455 g/mol. The second-order valence-corrected chi connectivity index (χ2v) is 10.6. The predicted molar refractivity (Wildman–Crippen MR) is 124 cm³/mol. The zero-order valence-corrected chi connectivity index (χ0v) is 19.5. The molecule has 170 valence electrons. The van der Waals surface area contributed by atoms with E-state index in [1.54, 1.807) is 18.2 Å². The minimum atomic E-state index is -3.59. The fraction of sp³-hybridized carbons (Fsp3) is 0.417. The van der Waals surface area contributed by atoms with Crippen LogP contribution in [0.1, 0.15) is 42.9 Å². The number of piperidine rings is 1. The van der Waals surface area contributed by atoms with Crippen LogP contribution in [0.2, 0.25) is 0 Å². The van der Waals surface area contributed by atoms with Gasteiger partial charge in [-0.15, -0.1) is 0 Å². The third-order valence-corrected chi connectivity index (χ3v) is 8.18. The van der Waals surface area contributed by atoms with Crippen LogP contribution < -0.4 is 10.2 Å². The van der Waals surface area contributed by atoms with Gasteiger partial charge in [-0.05, 0) is 67.6 Å². The Morgan fingerprint density at radius 1 is 1.00 bits per heavy atom. The van der Waals surface area contributed by atoms with Crippen LogP contribution in [0.5, 0.6) is 0 Å². The first-order valence-corrected chi connectivity index (χ1v) is 12.4. The molecule has 0 spiro atoms. The number of nitrogens with zero attached hydrogens (tertiary/aromatic N) is 2. The van der Waals surface area contributed by atoms with Gasteiger partial charge in [0.2, 0.25) is 21.8 Å². The largest absolute Gasteiger partial charge is 0.324 e. The standard InChI is InChI=1S/C24H29N3O4S/c1-16-7-8-17(2)21(13-16)25-24(29)23-15-19-14-20(9-10-22(19)27(23)18(3)28)32(30,31)26-11-5-4-6-12-26/h7-10,13-14,23H,4-6,11-12,15H2,1-3H3,(H,25,29)/t23-/m1/s1. The average Bonchev–Trinajstić information content (AvgIpc) is 3.16. The summed E-state index contributed by atoms with van der Waals surface area (Å²) < 4.78 is 27.7. The summed E-state index contributed by atoms with van der Waals surface area (Å²) in [5.74, 6) is -0.540. The van der Waals surface area contributed by atoms with Crippen LogP contribution in [-0.2, 0) is 26.0 Å². The molecule has 8 heteroatoms. The van der Waals surface area contributed by atoms with Crippen LogP contribution >= 0.6 is 0 Å². The summed E-state index contributed by atoms with van der Waals surface area (Å²) in [6, 6.07) is 9.91. The molecule has 2 aliphatic heterocycles. The molecule has 2 aromatic rings. The maximum Gasteiger partial charge on any atom is 0.247 e. The van der Waals surface area contributed by atoms with Crippen LogP contribution in [0.3, 0.4) is 0 Å². The lowest BCUT2D eigenvalue weighted by Crippen LogP contribution is -2.44. The van der Waals surface area contributed by atoms with Gasteiger partial charge in [-0.25, -0.2) is 8.42 Å². The third kappa shape index (κ3) is 4.17. The van der Waals surface area contributed by atoms with E-state index < -0.39 is 16.1 Å². The van der Waals surface area contributed by atoms with Crippen molar-refractivity contribution in [3.05, 3.63) is 53.1 Å². The molecule has 7 nitrogen and oxygen atoms in total. The maximum absolute atomic E-state index is 13.2. The average molecular weight is 456 g/mol. The Morgan fingerprint density at radius 3 is 2.41 bits per heavy atom. The minimum Gasteiger partial charge on any atom is -0.324 e. The number of amides is 2. The zero-order valence-electron chi connectivity index (χ0n) is 18.7. The summed E-state index contributed by atoms with van der Waals surface area (Å²) in [6.45, 7) is 6.34. The van der Waals surface area contributed by atoms with E-state index >= 15 is 0 Å². The van der Waals surface area contributed by atoms with Gasteiger partial charge < -0.3 is 5.32 Å². The second kappa shape index (κ2) is 8.67. The molecule has 2 heterocycles. The molecule has 2 amide bonds. The highest BCUT2D eigenvalue weighted by atomic mass is 32.2. The molecular formula is C24H29N3O4S. The Balaban J connectivity index is 1.62. The van der Waals surface area contributed by atoms with Crippen LogP contribution in [0.4, 0.5) is 11.4 Å². The number of rotatable bonds is 4. The Morgan fingerprint density at radius 2 is 1.72 bits per heavy atom. The summed E-state index contributed by atoms with van der Waals surface area (Å²) in [6.07, 6.45) is 3.04. The topological polar surface area (TPSA) is 86.8 Å². The van der Waals surface area contributed by atoms with E-state index in [1.807, 2.05) is 32.0 Å². The number of hydrogen-bond acceptors (Lipinski definition) is 4. The number of anilines is 2. The molecule has 0 aromatic heterocycles. The molecular weight excluding hydrogens is 426 g/mol. The Labute approximate surface area is 189 Å². The molecule has 0 unspecified atom stereocenters. The number of carbonyl (C=O) groups is 2. The lowest BCUT2D eigenvalue weighted by atomic mass is 10.1. The van der Waals surface area contributed by atoms with Crippen molar-refractivity contribution >= 4 is 33.2 Å². The molecule has 4 rings (SSSR count). The number of sulfonamides is 1. The Kier molecular flexibility index (Phi) is 6.09. The van der Waals surface area contributed by atoms with Gasteiger partial charge in [-0.1, -0.05) is 18.6 Å². The number of fused-ring (bicyclic) bond motifs is 1. The van der Waals surface area contributed by atoms with E-state index in [4.69, 9.17) is 0 Å². The number of benzene rings is 2. The maximum atomic E-state index is 13.2. The highest BCUT2D eigenvalue weighted by molar-refractivity contribution is 7.89. The van der Waals surface area contributed by atoms with Crippen molar-refractivity contribution in [2.24, 2.45) is 0 Å². The first-order chi connectivity index (χ1) is 15.2. The summed E-state index contributed by atoms with van der Waals surface area (Å²) in [7, 11) is -3.59. The fourth-order valence-electron chi connectivity index (χ4n) is 4.53. The van der Waals surface area contributed by atoms with E-state index in [-0.39, 0.29) is 23.1 Å². The lowest BCUT2D eigenvalue weighted by Gasteiger charge is -2.26. The second-order valence-electron chi connectivity index (χ2n) is 8.67. The molecule has 0 bridgehead atoms. The smallest absolute Gasteiger partial charge is 0.247 e. The highest BCUT2D eigenvalue weighted by Crippen LogP contribution is 2.35. The third-order valence-electron chi connectivity index (χ3n) is 6.28. The van der Waals surface area contributed by atoms with Gasteiger partial charge in [0, 0.05) is 37.8 Å². The van der Waals surface area contributed by atoms with Crippen LogP contribution in [0.15, 0.2) is 41.3 Å². The van der Waals surface area contributed by atoms with Gasteiger partial charge in [-0.2, -0.15) is 4.31 Å². The van der Waals surface area contributed by atoms with Crippen molar-refractivity contribution in [3.63, 3.8) is 0 Å². The molecule has 32 heavy (non-hydrogen) atoms. The molecule has 0 aliphatic carbocycles. The number of aryl methyl sites for hydroxylation is 2. The van der Waals surface area contributed by atoms with E-state index in [2.05, 4.69) is 5.32 Å². The van der Waals surface area contributed by atoms with Gasteiger partial charge in [0.05, 0.1) is 4.90 Å². The van der Waals surface area contributed by atoms with Crippen molar-refractivity contribution in [2.45, 2.75) is 57.4 Å². The number of carbonyl (C=O) groups excluding carboxylic acids is 2. The van der Waals surface area contributed by atoms with Crippen molar-refractivity contribution < 1.29 is 18.0 Å². The summed E-state index contributed by atoms with van der Waals surface area (Å²) >= 11 is 0. The molecule has 2 aliphatic rings. The molecule has 2 aromatic carbocycles. The Bertz CT molecular complexity index is 1170. The van der Waals surface area contributed by atoms with E-state index in [0.29, 0.717) is 30.0 Å². The van der Waals surface area contributed by atoms with Crippen LogP contribution in [0, 0.1) is 13.8 Å². The quantitative estimate of drug-likeness (QED) is 0.766. The summed E-state index contributed by atoms with van der Waals surface area (Å²) in [5.41, 5.74) is 3.96. The van der Waals surface area contributed by atoms with E-state index in [9.17, 15) is 18.0 Å². The zero-order chi connectivity index (χ0) is 23.0. The molecule has 1 fully saturated rings. The van der Waals surface area contributed by atoms with Crippen LogP contribution in [-0.4, -0.2) is 43.7 Å². The molecule has 1 saturated heterocycles. The van der Waals surface area contributed by atoms with Crippen molar-refractivity contribution in [1.29, 1.82) is 0 Å². The van der Waals surface area contributed by atoms with Gasteiger partial charge in [0.15, 0.2) is 0 Å². The predicted octanol–water partition coefficient (Wildman–Crippen LogP) is 3.39. The highest BCUT2D eigenvalue weighted by Gasteiger charge is 2.38. The molecule has 0 saturated carbocycles. The van der Waals surface area contributed by atoms with Gasteiger partial charge in [0.1, 0.15) is 6.04 Å². The van der Waals surface area contributed by atoms with Crippen molar-refractivity contribution in [3.8, 4) is 0 Å². The molecule has 1 atom stereocenters. The van der Waals surface area contributed by atoms with Crippen LogP contribution in [0.25, 0.3) is 0 Å². The van der Waals surface area contributed by atoms with Gasteiger partial charge in [-0.3, -0.25) is 14.5 Å². The fourth-order valence-corrected chi connectivity index (χ4v) is 6.10. The SMILES string of the molecule is CC(=O)N1c2ccc(S(=O)(=O)N3CCCCC3)cc2C[C@@H]1C(=O)Nc1cc(C)ccc1C.